The Kier molecular flexibility index (Phi) is 32.0. The van der Waals surface area contributed by atoms with Crippen molar-refractivity contribution in [2.24, 2.45) is 0 Å². The highest BCUT2D eigenvalue weighted by Crippen LogP contribution is 1.92. The Balaban J connectivity index is -0.000000318. The molecule has 0 radical (unpaired) electrons. The summed E-state index contributed by atoms with van der Waals surface area (Å²) < 4.78 is 0. The van der Waals surface area contributed by atoms with Crippen molar-refractivity contribution in [2.45, 2.75) is 53.9 Å². The number of nitrogens with one attached hydrogen (secondary N) is 1. The molecule has 0 aliphatic carbocycles. The van der Waals surface area contributed by atoms with Gasteiger partial charge in [-0.05, 0) is 46.6 Å². The number of unbranched alkanes of at least 4 members (excludes halogenated alkanes) is 1. The highest BCUT2D eigenvalue weighted by Gasteiger charge is 1.94. The molecule has 15 heavy (non-hydrogen) atoms. The van der Waals surface area contributed by atoms with E-state index in [0.29, 0.717) is 0 Å². The van der Waals surface area contributed by atoms with E-state index in [2.05, 4.69) is 24.2 Å². The molecule has 0 bridgehead atoms. The van der Waals surface area contributed by atoms with Gasteiger partial charge in [0.15, 0.2) is 0 Å². The number of hydrogen-bond donors (Lipinski definition) is 1. The summed E-state index contributed by atoms with van der Waals surface area (Å²) in [5, 5.41) is 3.15. The Bertz CT molecular complexity index is 74.9. The average molecular weight is 218 g/mol. The van der Waals surface area contributed by atoms with Gasteiger partial charge in [0.05, 0.1) is 0 Å². The van der Waals surface area contributed by atoms with Crippen LogP contribution in [0.25, 0.3) is 0 Å². The second-order valence-electron chi connectivity index (χ2n) is 3.11. The SMILES string of the molecule is CC.CC.CCCCN(C)CCCNC. The molecule has 0 saturated carbocycles. The molecular formula is C13H34N2. The van der Waals surface area contributed by atoms with Crippen molar-refractivity contribution in [3.8, 4) is 0 Å². The third-order valence-electron chi connectivity index (χ3n) is 1.86. The molecule has 2 nitrogen and oxygen atoms in total. The first-order chi connectivity index (χ1) is 7.31. The van der Waals surface area contributed by atoms with Gasteiger partial charge in [0, 0.05) is 0 Å². The molecular weight excluding hydrogens is 184 g/mol. The van der Waals surface area contributed by atoms with Crippen molar-refractivity contribution in [1.82, 2.24) is 10.2 Å². The Labute approximate surface area is 98.4 Å². The lowest BCUT2D eigenvalue weighted by Gasteiger charge is -2.15. The van der Waals surface area contributed by atoms with Crippen LogP contribution in [0.1, 0.15) is 53.9 Å². The zero-order chi connectivity index (χ0) is 12.5. The fraction of sp³-hybridized carbons (Fsp3) is 1.00. The third-order valence-corrected chi connectivity index (χ3v) is 1.86. The summed E-state index contributed by atoms with van der Waals surface area (Å²) in [6.07, 6.45) is 3.89. The zero-order valence-corrected chi connectivity index (χ0v) is 12.2. The van der Waals surface area contributed by atoms with Crippen LogP contribution < -0.4 is 5.32 Å². The molecule has 96 valence electrons. The van der Waals surface area contributed by atoms with Crippen LogP contribution in [0.15, 0.2) is 0 Å². The summed E-state index contributed by atoms with van der Waals surface area (Å²) in [6.45, 7) is 13.8. The molecule has 0 amide bonds. The highest BCUT2D eigenvalue weighted by molar-refractivity contribution is 4.52. The molecule has 0 fully saturated rings. The molecule has 0 aromatic heterocycles. The standard InChI is InChI=1S/C9H22N2.2C2H6/c1-4-5-8-11(3)9-6-7-10-2;2*1-2/h10H,4-9H2,1-3H3;2*1-2H3. The molecule has 0 aliphatic heterocycles. The normalized spacial score (nSPS) is 8.80. The van der Waals surface area contributed by atoms with E-state index in [9.17, 15) is 0 Å². The predicted octanol–water partition coefficient (Wildman–Crippen LogP) is 3.38. The van der Waals surface area contributed by atoms with E-state index in [0.717, 1.165) is 6.54 Å². The molecule has 0 aromatic rings. The fourth-order valence-electron chi connectivity index (χ4n) is 1.07. The second-order valence-corrected chi connectivity index (χ2v) is 3.11. The predicted molar refractivity (Wildman–Crippen MR) is 73.6 cm³/mol. The first-order valence-corrected chi connectivity index (χ1v) is 6.64. The van der Waals surface area contributed by atoms with Crippen molar-refractivity contribution in [1.29, 1.82) is 0 Å². The van der Waals surface area contributed by atoms with E-state index in [1.54, 1.807) is 0 Å². The molecule has 2 heteroatoms. The monoisotopic (exact) mass is 218 g/mol. The maximum absolute atomic E-state index is 3.15. The minimum Gasteiger partial charge on any atom is -0.320 e. The smallest absolute Gasteiger partial charge is 0.000969 e. The van der Waals surface area contributed by atoms with Crippen LogP contribution in [0.5, 0.6) is 0 Å². The quantitative estimate of drug-likeness (QED) is 0.659. The van der Waals surface area contributed by atoms with Crippen LogP contribution in [-0.2, 0) is 0 Å². The van der Waals surface area contributed by atoms with Crippen LogP contribution >= 0.6 is 0 Å². The Morgan fingerprint density at radius 3 is 1.80 bits per heavy atom. The van der Waals surface area contributed by atoms with Crippen LogP contribution in [0, 0.1) is 0 Å². The topological polar surface area (TPSA) is 15.3 Å². The summed E-state index contributed by atoms with van der Waals surface area (Å²) in [5.41, 5.74) is 0. The average Bonchev–Trinajstić information content (AvgIpc) is 2.32. The van der Waals surface area contributed by atoms with Crippen LogP contribution in [0.2, 0.25) is 0 Å². The molecule has 0 aromatic carbocycles. The summed E-state index contributed by atoms with van der Waals surface area (Å²) in [7, 11) is 4.21. The highest BCUT2D eigenvalue weighted by atomic mass is 15.1. The maximum Gasteiger partial charge on any atom is -0.000969 e. The molecule has 0 aliphatic rings. The van der Waals surface area contributed by atoms with E-state index >= 15 is 0 Å². The van der Waals surface area contributed by atoms with Crippen LogP contribution in [0.4, 0.5) is 0 Å². The largest absolute Gasteiger partial charge is 0.320 e. The van der Waals surface area contributed by atoms with Crippen molar-refractivity contribution in [3.63, 3.8) is 0 Å². The molecule has 0 unspecified atom stereocenters. The van der Waals surface area contributed by atoms with Gasteiger partial charge in [-0.1, -0.05) is 41.0 Å². The number of rotatable bonds is 7. The first kappa shape index (κ1) is 20.3. The fourth-order valence-corrected chi connectivity index (χ4v) is 1.07. The van der Waals surface area contributed by atoms with E-state index < -0.39 is 0 Å². The first-order valence-electron chi connectivity index (χ1n) is 6.64. The number of nitrogens with zero attached hydrogens (tertiary/aromatic N) is 1. The van der Waals surface area contributed by atoms with Gasteiger partial charge in [0.25, 0.3) is 0 Å². The van der Waals surface area contributed by atoms with Gasteiger partial charge in [0.2, 0.25) is 0 Å². The van der Waals surface area contributed by atoms with E-state index in [4.69, 9.17) is 0 Å². The van der Waals surface area contributed by atoms with Crippen LogP contribution in [-0.4, -0.2) is 38.6 Å². The lowest BCUT2D eigenvalue weighted by molar-refractivity contribution is 0.322. The van der Waals surface area contributed by atoms with Gasteiger partial charge >= 0.3 is 0 Å². The lowest BCUT2D eigenvalue weighted by Crippen LogP contribution is -2.23. The minimum absolute atomic E-state index is 1.14. The second kappa shape index (κ2) is 23.6. The molecule has 1 N–H and O–H groups in total. The van der Waals surface area contributed by atoms with Crippen molar-refractivity contribution in [2.75, 3.05) is 33.7 Å². The van der Waals surface area contributed by atoms with E-state index in [1.807, 2.05) is 34.7 Å². The summed E-state index contributed by atoms with van der Waals surface area (Å²) in [5.74, 6) is 0. The van der Waals surface area contributed by atoms with Gasteiger partial charge in [-0.25, -0.2) is 0 Å². The Morgan fingerprint density at radius 2 is 1.40 bits per heavy atom. The van der Waals surface area contributed by atoms with Gasteiger partial charge < -0.3 is 10.2 Å². The van der Waals surface area contributed by atoms with Crippen molar-refractivity contribution in [3.05, 3.63) is 0 Å². The van der Waals surface area contributed by atoms with Crippen molar-refractivity contribution < 1.29 is 0 Å². The van der Waals surface area contributed by atoms with Crippen LogP contribution in [0.3, 0.4) is 0 Å². The van der Waals surface area contributed by atoms with Crippen molar-refractivity contribution >= 4 is 0 Å². The lowest BCUT2D eigenvalue weighted by atomic mass is 10.3. The van der Waals surface area contributed by atoms with Gasteiger partial charge in [0.1, 0.15) is 0 Å². The minimum atomic E-state index is 1.14. The summed E-state index contributed by atoms with van der Waals surface area (Å²) >= 11 is 0. The maximum atomic E-state index is 3.15. The van der Waals surface area contributed by atoms with Gasteiger partial charge in [-0.2, -0.15) is 0 Å². The van der Waals surface area contributed by atoms with Gasteiger partial charge in [-0.15, -0.1) is 0 Å². The van der Waals surface area contributed by atoms with Gasteiger partial charge in [-0.3, -0.25) is 0 Å². The molecule has 0 atom stereocenters. The third kappa shape index (κ3) is 24.9. The van der Waals surface area contributed by atoms with E-state index in [1.165, 1.54) is 32.4 Å². The summed E-state index contributed by atoms with van der Waals surface area (Å²) in [6, 6.07) is 0. The van der Waals surface area contributed by atoms with E-state index in [-0.39, 0.29) is 0 Å². The Morgan fingerprint density at radius 1 is 0.933 bits per heavy atom. The molecule has 0 spiro atoms. The zero-order valence-electron chi connectivity index (χ0n) is 12.2. The summed E-state index contributed by atoms with van der Waals surface area (Å²) in [4.78, 5) is 2.40. The number of hydrogen-bond acceptors (Lipinski definition) is 2. The molecule has 0 heterocycles. The molecule has 0 rings (SSSR count). The molecule has 0 saturated heterocycles. The Hall–Kier alpha value is -0.0800.